The normalized spacial score (nSPS) is 40.3. The lowest BCUT2D eigenvalue weighted by atomic mass is 9.73. The Morgan fingerprint density at radius 3 is 2.38 bits per heavy atom. The van der Waals surface area contributed by atoms with Crippen LogP contribution in [0.25, 0.3) is 0 Å². The Labute approximate surface area is 246 Å². The lowest BCUT2D eigenvalue weighted by Crippen LogP contribution is -2.60. The topological polar surface area (TPSA) is 87.7 Å². The van der Waals surface area contributed by atoms with Crippen LogP contribution in [0.3, 0.4) is 0 Å². The van der Waals surface area contributed by atoms with Crippen LogP contribution < -0.4 is 10.6 Å². The lowest BCUT2D eigenvalue weighted by molar-refractivity contribution is -0.146. The van der Waals surface area contributed by atoms with E-state index in [1.165, 1.54) is 0 Å². The molecule has 3 aliphatic heterocycles. The number of rotatable bonds is 5. The van der Waals surface area contributed by atoms with Crippen molar-refractivity contribution in [1.29, 1.82) is 0 Å². The molecule has 2 aliphatic carbocycles. The zero-order chi connectivity index (χ0) is 28.3. The number of hydrogen-bond acceptors (Lipinski definition) is 4. The van der Waals surface area contributed by atoms with Crippen LogP contribution >= 0.6 is 23.2 Å². The largest absolute Gasteiger partial charge is 0.359 e. The van der Waals surface area contributed by atoms with Crippen molar-refractivity contribution < 1.29 is 19.1 Å². The van der Waals surface area contributed by atoms with Crippen LogP contribution in [0.2, 0.25) is 10.0 Å². The van der Waals surface area contributed by atoms with Crippen molar-refractivity contribution in [3.63, 3.8) is 0 Å². The first-order valence-corrected chi connectivity index (χ1v) is 15.6. The van der Waals surface area contributed by atoms with Crippen LogP contribution in [0.5, 0.6) is 0 Å². The summed E-state index contributed by atoms with van der Waals surface area (Å²) in [6, 6.07) is 4.03. The number of carbonyl (C=O) groups is 3. The van der Waals surface area contributed by atoms with E-state index in [0.717, 1.165) is 44.9 Å². The number of fused-ring (bicyclic) bond motifs is 1. The summed E-state index contributed by atoms with van der Waals surface area (Å²) in [5.41, 5.74) is -0.707. The summed E-state index contributed by atoms with van der Waals surface area (Å²) >= 11 is 12.3. The minimum absolute atomic E-state index is 0.0571. The molecule has 5 aliphatic rings. The SMILES string of the molecule is C[C@H]1[C@H](C)CCC[C@@H]1NC(=O)[C@@H]1N([C@@H]2CCCC[C@@H]2C)C(=O)[C@@H]2[C@@H](C(=O)Nc3cc(Cl)cc(Cl)c3)[C@@H]3C=C[C@]21O3. The standard InChI is InChI=1S/C31H39Cl2N3O4/c1-16-8-6-9-22(18(16)3)35-29(38)27-31-12-11-24(40-31)25(28(37)34-21-14-19(32)13-20(33)15-21)26(31)30(39)36(27)23-10-5-4-7-17(23)2/h11-18,22-27H,4-10H2,1-3H3,(H,34,37)(H,35,38)/t16-,17+,18+,22+,23-,24+,25+,26+,27+,31+/m1/s1. The van der Waals surface area contributed by atoms with Crippen molar-refractivity contribution in [2.45, 2.75) is 95.5 Å². The Morgan fingerprint density at radius 2 is 1.65 bits per heavy atom. The molecule has 2 bridgehead atoms. The van der Waals surface area contributed by atoms with Crippen molar-refractivity contribution >= 4 is 46.6 Å². The summed E-state index contributed by atoms with van der Waals surface area (Å²) < 4.78 is 6.55. The van der Waals surface area contributed by atoms with Crippen LogP contribution in [-0.2, 0) is 19.1 Å². The van der Waals surface area contributed by atoms with Crippen molar-refractivity contribution in [2.24, 2.45) is 29.6 Å². The Balaban J connectivity index is 1.34. The average molecular weight is 589 g/mol. The summed E-state index contributed by atoms with van der Waals surface area (Å²) in [6.07, 6.45) is 10.3. The molecule has 1 spiro atoms. The molecule has 216 valence electrons. The van der Waals surface area contributed by atoms with E-state index in [0.29, 0.717) is 27.6 Å². The third-order valence-corrected chi connectivity index (χ3v) is 10.9. The molecule has 10 atom stereocenters. The highest BCUT2D eigenvalue weighted by Crippen LogP contribution is 2.56. The van der Waals surface area contributed by atoms with Gasteiger partial charge in [-0.3, -0.25) is 14.4 Å². The van der Waals surface area contributed by atoms with Gasteiger partial charge in [0.1, 0.15) is 11.6 Å². The first-order valence-electron chi connectivity index (χ1n) is 14.9. The minimum Gasteiger partial charge on any atom is -0.359 e. The highest BCUT2D eigenvalue weighted by molar-refractivity contribution is 6.35. The highest BCUT2D eigenvalue weighted by atomic mass is 35.5. The second kappa shape index (κ2) is 10.6. The van der Waals surface area contributed by atoms with Crippen LogP contribution in [0, 0.1) is 29.6 Å². The Kier molecular flexibility index (Phi) is 7.46. The summed E-state index contributed by atoms with van der Waals surface area (Å²) in [5.74, 6) is -1.04. The van der Waals surface area contributed by atoms with Crippen LogP contribution in [0.1, 0.15) is 65.7 Å². The molecule has 1 aromatic carbocycles. The number of nitrogens with one attached hydrogen (secondary N) is 2. The van der Waals surface area contributed by atoms with Crippen molar-refractivity contribution in [2.75, 3.05) is 5.32 Å². The fourth-order valence-corrected chi connectivity index (χ4v) is 8.70. The predicted molar refractivity (Wildman–Crippen MR) is 155 cm³/mol. The molecule has 2 saturated carbocycles. The van der Waals surface area contributed by atoms with Gasteiger partial charge in [0, 0.05) is 27.8 Å². The van der Waals surface area contributed by atoms with E-state index in [4.69, 9.17) is 27.9 Å². The van der Waals surface area contributed by atoms with Gasteiger partial charge in [0.25, 0.3) is 0 Å². The van der Waals surface area contributed by atoms with Crippen molar-refractivity contribution in [3.05, 3.63) is 40.4 Å². The molecule has 7 nitrogen and oxygen atoms in total. The van der Waals surface area contributed by atoms with E-state index < -0.39 is 29.6 Å². The number of nitrogens with zero attached hydrogens (tertiary/aromatic N) is 1. The number of halogens is 2. The van der Waals surface area contributed by atoms with Gasteiger partial charge in [-0.1, -0.05) is 81.8 Å². The van der Waals surface area contributed by atoms with Crippen molar-refractivity contribution in [3.8, 4) is 0 Å². The summed E-state index contributed by atoms with van der Waals surface area (Å²) in [6.45, 7) is 6.62. The number of hydrogen-bond donors (Lipinski definition) is 2. The van der Waals surface area contributed by atoms with Gasteiger partial charge in [-0.25, -0.2) is 0 Å². The van der Waals surface area contributed by atoms with E-state index in [9.17, 15) is 14.4 Å². The second-order valence-corrected chi connectivity index (χ2v) is 13.7. The Hall–Kier alpha value is -2.09. The average Bonchev–Trinajstić information content (AvgIpc) is 3.54. The maximum atomic E-state index is 14.4. The molecule has 6 rings (SSSR count). The maximum absolute atomic E-state index is 14.4. The molecule has 3 amide bonds. The molecule has 2 N–H and O–H groups in total. The number of anilines is 1. The third kappa shape index (κ3) is 4.57. The summed E-state index contributed by atoms with van der Waals surface area (Å²) in [5, 5.41) is 7.07. The monoisotopic (exact) mass is 587 g/mol. The van der Waals surface area contributed by atoms with E-state index in [-0.39, 0.29) is 35.7 Å². The van der Waals surface area contributed by atoms with Crippen LogP contribution in [0.15, 0.2) is 30.4 Å². The smallest absolute Gasteiger partial charge is 0.246 e. The zero-order valence-electron chi connectivity index (χ0n) is 23.4. The summed E-state index contributed by atoms with van der Waals surface area (Å²) in [4.78, 5) is 44.3. The van der Waals surface area contributed by atoms with Gasteiger partial charge in [0.05, 0.1) is 17.9 Å². The second-order valence-electron chi connectivity index (χ2n) is 12.8. The van der Waals surface area contributed by atoms with E-state index >= 15 is 0 Å². The predicted octanol–water partition coefficient (Wildman–Crippen LogP) is 5.60. The molecule has 9 heteroatoms. The molecule has 2 saturated heterocycles. The molecule has 3 heterocycles. The third-order valence-electron chi connectivity index (χ3n) is 10.5. The molecule has 0 aromatic heterocycles. The van der Waals surface area contributed by atoms with Gasteiger partial charge in [0.2, 0.25) is 17.7 Å². The van der Waals surface area contributed by atoms with Crippen molar-refractivity contribution in [1.82, 2.24) is 10.2 Å². The van der Waals surface area contributed by atoms with Gasteiger partial charge in [-0.15, -0.1) is 0 Å². The lowest BCUT2D eigenvalue weighted by Gasteiger charge is -2.42. The zero-order valence-corrected chi connectivity index (χ0v) is 24.9. The number of ether oxygens (including phenoxy) is 1. The van der Waals surface area contributed by atoms with E-state index in [1.54, 1.807) is 18.2 Å². The fraction of sp³-hybridized carbons (Fsp3) is 0.645. The molecular formula is C31H39Cl2N3O4. The van der Waals surface area contributed by atoms with Crippen LogP contribution in [0.4, 0.5) is 5.69 Å². The molecule has 40 heavy (non-hydrogen) atoms. The molecule has 4 fully saturated rings. The Bertz CT molecular complexity index is 1220. The maximum Gasteiger partial charge on any atom is 0.246 e. The quantitative estimate of drug-likeness (QED) is 0.439. The number of likely N-dealkylation sites (tertiary alicyclic amines) is 1. The molecule has 0 unspecified atom stereocenters. The Morgan fingerprint density at radius 1 is 0.950 bits per heavy atom. The van der Waals surface area contributed by atoms with E-state index in [1.807, 2.05) is 17.1 Å². The number of benzene rings is 1. The minimum atomic E-state index is -1.17. The first-order chi connectivity index (χ1) is 19.1. The van der Waals surface area contributed by atoms with Gasteiger partial charge in [-0.2, -0.15) is 0 Å². The number of amides is 3. The summed E-state index contributed by atoms with van der Waals surface area (Å²) in [7, 11) is 0. The van der Waals surface area contributed by atoms with Gasteiger partial charge in [0.15, 0.2) is 0 Å². The highest BCUT2D eigenvalue weighted by Gasteiger charge is 2.73. The molecular weight excluding hydrogens is 549 g/mol. The first kappa shape index (κ1) is 28.0. The van der Waals surface area contributed by atoms with Gasteiger partial charge < -0.3 is 20.3 Å². The molecule has 1 aromatic rings. The fourth-order valence-electron chi connectivity index (χ4n) is 8.17. The van der Waals surface area contributed by atoms with Crippen LogP contribution in [-0.4, -0.2) is 52.5 Å². The van der Waals surface area contributed by atoms with Gasteiger partial charge >= 0.3 is 0 Å². The number of carbonyl (C=O) groups excluding carboxylic acids is 3. The van der Waals surface area contributed by atoms with E-state index in [2.05, 4.69) is 31.4 Å². The van der Waals surface area contributed by atoms with Gasteiger partial charge in [-0.05, 0) is 55.2 Å². The molecule has 0 radical (unpaired) electrons.